The van der Waals surface area contributed by atoms with Gasteiger partial charge in [0.1, 0.15) is 5.82 Å². The van der Waals surface area contributed by atoms with E-state index in [1.807, 2.05) is 36.4 Å². The molecule has 214 valence electrons. The predicted molar refractivity (Wildman–Crippen MR) is 172 cm³/mol. The Hall–Kier alpha value is -3.16. The highest BCUT2D eigenvalue weighted by atomic mass is 35.5. The molecule has 8 heteroatoms. The fourth-order valence-corrected chi connectivity index (χ4v) is 7.51. The van der Waals surface area contributed by atoms with Crippen LogP contribution in [0.15, 0.2) is 78.9 Å². The Morgan fingerprint density at radius 1 is 0.857 bits per heavy atom. The SMILES string of the molecule is NC(=O)c1ccc(CN2CCC(n3c(C4CC4)nc4ccc(C(c5ccc(Cl)cc5)c5ccc(Cl)cc5)cc43)CC2)s1. The number of aromatic nitrogens is 2. The first-order valence-electron chi connectivity index (χ1n) is 14.6. The zero-order valence-electron chi connectivity index (χ0n) is 23.2. The van der Waals surface area contributed by atoms with Gasteiger partial charge in [-0.3, -0.25) is 9.69 Å². The van der Waals surface area contributed by atoms with Crippen molar-refractivity contribution in [3.05, 3.63) is 121 Å². The van der Waals surface area contributed by atoms with Crippen LogP contribution in [0.5, 0.6) is 0 Å². The molecule has 0 atom stereocenters. The van der Waals surface area contributed by atoms with E-state index >= 15 is 0 Å². The molecule has 5 nitrogen and oxygen atoms in total. The molecule has 1 saturated heterocycles. The minimum atomic E-state index is -0.349. The van der Waals surface area contributed by atoms with Gasteiger partial charge >= 0.3 is 0 Å². The lowest BCUT2D eigenvalue weighted by Crippen LogP contribution is -2.34. The maximum absolute atomic E-state index is 11.5. The second-order valence-corrected chi connectivity index (χ2v) is 13.6. The van der Waals surface area contributed by atoms with Gasteiger partial charge in [-0.05, 0) is 90.9 Å². The highest BCUT2D eigenvalue weighted by Gasteiger charge is 2.33. The quantitative estimate of drug-likeness (QED) is 0.178. The maximum atomic E-state index is 11.5. The molecule has 0 unspecified atom stereocenters. The maximum Gasteiger partial charge on any atom is 0.258 e. The minimum Gasteiger partial charge on any atom is -0.365 e. The Morgan fingerprint density at radius 3 is 2.05 bits per heavy atom. The summed E-state index contributed by atoms with van der Waals surface area (Å²) >= 11 is 14.0. The van der Waals surface area contributed by atoms with Crippen LogP contribution in [0.3, 0.4) is 0 Å². The Morgan fingerprint density at radius 2 is 1.48 bits per heavy atom. The smallest absolute Gasteiger partial charge is 0.258 e. The van der Waals surface area contributed by atoms with Gasteiger partial charge in [0.25, 0.3) is 5.91 Å². The van der Waals surface area contributed by atoms with Gasteiger partial charge in [-0.15, -0.1) is 11.3 Å². The Bertz CT molecular complexity index is 1690. The largest absolute Gasteiger partial charge is 0.365 e. The van der Waals surface area contributed by atoms with Gasteiger partial charge in [-0.1, -0.05) is 53.5 Å². The first kappa shape index (κ1) is 27.7. The molecular weight excluding hydrogens is 583 g/mol. The molecule has 1 saturated carbocycles. The van der Waals surface area contributed by atoms with Crippen molar-refractivity contribution < 1.29 is 4.79 Å². The number of halogens is 2. The molecule has 7 rings (SSSR count). The zero-order chi connectivity index (χ0) is 28.8. The lowest BCUT2D eigenvalue weighted by molar-refractivity contribution is 0.100. The third-order valence-electron chi connectivity index (χ3n) is 8.63. The molecule has 1 amide bonds. The van der Waals surface area contributed by atoms with E-state index in [1.165, 1.54) is 57.1 Å². The molecule has 1 aliphatic carbocycles. The van der Waals surface area contributed by atoms with Gasteiger partial charge in [0, 0.05) is 52.4 Å². The average Bonchev–Trinajstić information content (AvgIpc) is 3.61. The number of hydrogen-bond donors (Lipinski definition) is 1. The lowest BCUT2D eigenvalue weighted by atomic mass is 9.85. The number of likely N-dealkylation sites (tertiary alicyclic amines) is 1. The van der Waals surface area contributed by atoms with Crippen LogP contribution in [0.4, 0.5) is 0 Å². The molecule has 3 aromatic carbocycles. The van der Waals surface area contributed by atoms with E-state index in [9.17, 15) is 4.79 Å². The van der Waals surface area contributed by atoms with Gasteiger partial charge in [0.2, 0.25) is 0 Å². The summed E-state index contributed by atoms with van der Waals surface area (Å²) in [6.45, 7) is 2.88. The van der Waals surface area contributed by atoms with Crippen molar-refractivity contribution >= 4 is 51.5 Å². The third-order valence-corrected chi connectivity index (χ3v) is 10.2. The van der Waals surface area contributed by atoms with Crippen LogP contribution < -0.4 is 5.73 Å². The number of carbonyl (C=O) groups is 1. The van der Waals surface area contributed by atoms with Crippen LogP contribution in [-0.4, -0.2) is 33.4 Å². The van der Waals surface area contributed by atoms with E-state index in [1.54, 1.807) is 0 Å². The number of benzene rings is 3. The van der Waals surface area contributed by atoms with E-state index in [0.717, 1.165) is 48.0 Å². The number of rotatable bonds is 8. The van der Waals surface area contributed by atoms with Crippen LogP contribution in [0.2, 0.25) is 10.0 Å². The van der Waals surface area contributed by atoms with Gasteiger partial charge in [0.05, 0.1) is 15.9 Å². The Kier molecular flexibility index (Phi) is 7.57. The van der Waals surface area contributed by atoms with Gasteiger partial charge < -0.3 is 10.3 Å². The summed E-state index contributed by atoms with van der Waals surface area (Å²) in [7, 11) is 0. The summed E-state index contributed by atoms with van der Waals surface area (Å²) in [6.07, 6.45) is 4.57. The van der Waals surface area contributed by atoms with E-state index < -0.39 is 0 Å². The lowest BCUT2D eigenvalue weighted by Gasteiger charge is -2.33. The number of carbonyl (C=O) groups excluding carboxylic acids is 1. The van der Waals surface area contributed by atoms with Gasteiger partial charge in [-0.2, -0.15) is 0 Å². The van der Waals surface area contributed by atoms with Gasteiger partial charge in [0.15, 0.2) is 0 Å². The molecule has 2 N–H and O–H groups in total. The Balaban J connectivity index is 1.21. The summed E-state index contributed by atoms with van der Waals surface area (Å²) in [6, 6.07) is 27.4. The number of nitrogens with zero attached hydrogens (tertiary/aromatic N) is 3. The van der Waals surface area contributed by atoms with E-state index in [4.69, 9.17) is 33.9 Å². The molecule has 2 aromatic heterocycles. The van der Waals surface area contributed by atoms with Gasteiger partial charge in [-0.25, -0.2) is 4.98 Å². The Labute approximate surface area is 259 Å². The molecule has 0 bridgehead atoms. The summed E-state index contributed by atoms with van der Waals surface area (Å²) in [5.74, 6) is 1.51. The standard InChI is InChI=1S/C34H32Cl2N4OS/c35-25-8-3-21(4-9-25)32(22-5-10-26(36)11-6-22)24-7-13-29-30(19-24)40(34(38-29)23-1-2-23)27-15-17-39(18-16-27)20-28-12-14-31(42-28)33(37)41/h3-14,19,23,27,32H,1-2,15-18,20H2,(H2,37,41). The predicted octanol–water partition coefficient (Wildman–Crippen LogP) is 8.40. The van der Waals surface area contributed by atoms with Crippen molar-refractivity contribution in [2.45, 2.75) is 50.1 Å². The summed E-state index contributed by atoms with van der Waals surface area (Å²) < 4.78 is 2.57. The number of hydrogen-bond acceptors (Lipinski definition) is 4. The zero-order valence-corrected chi connectivity index (χ0v) is 25.5. The third kappa shape index (κ3) is 5.61. The summed E-state index contributed by atoms with van der Waals surface area (Å²) in [5.41, 5.74) is 11.4. The van der Waals surface area contributed by atoms with Crippen LogP contribution >= 0.6 is 34.5 Å². The van der Waals surface area contributed by atoms with Crippen molar-refractivity contribution in [2.24, 2.45) is 5.73 Å². The second kappa shape index (κ2) is 11.5. The van der Waals surface area contributed by atoms with Crippen molar-refractivity contribution in [3.63, 3.8) is 0 Å². The molecule has 42 heavy (non-hydrogen) atoms. The number of piperidine rings is 1. The van der Waals surface area contributed by atoms with Crippen LogP contribution in [0.1, 0.15) is 80.6 Å². The fraction of sp³-hybridized carbons (Fsp3) is 0.294. The molecule has 0 spiro atoms. The van der Waals surface area contributed by atoms with Crippen LogP contribution in [0.25, 0.3) is 11.0 Å². The van der Waals surface area contributed by atoms with Crippen LogP contribution in [-0.2, 0) is 6.54 Å². The fourth-order valence-electron chi connectivity index (χ4n) is 6.36. The molecule has 5 aromatic rings. The van der Waals surface area contributed by atoms with Crippen LogP contribution in [0, 0.1) is 0 Å². The number of thiophene rings is 1. The van der Waals surface area contributed by atoms with Crippen molar-refractivity contribution in [1.29, 1.82) is 0 Å². The minimum absolute atomic E-state index is 0.0506. The number of amides is 1. The van der Waals surface area contributed by atoms with E-state index in [0.29, 0.717) is 16.8 Å². The molecular formula is C34H32Cl2N4OS. The highest BCUT2D eigenvalue weighted by molar-refractivity contribution is 7.14. The summed E-state index contributed by atoms with van der Waals surface area (Å²) in [5, 5.41) is 1.46. The van der Waals surface area contributed by atoms with E-state index in [-0.39, 0.29) is 11.8 Å². The van der Waals surface area contributed by atoms with Crippen molar-refractivity contribution in [1.82, 2.24) is 14.5 Å². The topological polar surface area (TPSA) is 64.2 Å². The normalized spacial score (nSPS) is 16.5. The monoisotopic (exact) mass is 614 g/mol. The number of primary amides is 1. The first-order valence-corrected chi connectivity index (χ1v) is 16.1. The second-order valence-electron chi connectivity index (χ2n) is 11.5. The number of nitrogens with two attached hydrogens (primary N) is 1. The molecule has 2 fully saturated rings. The first-order chi connectivity index (χ1) is 20.4. The number of fused-ring (bicyclic) bond motifs is 1. The average molecular weight is 616 g/mol. The molecule has 1 aliphatic heterocycles. The molecule has 2 aliphatic rings. The van der Waals surface area contributed by atoms with Crippen molar-refractivity contribution in [3.8, 4) is 0 Å². The van der Waals surface area contributed by atoms with Crippen molar-refractivity contribution in [2.75, 3.05) is 13.1 Å². The molecule has 0 radical (unpaired) electrons. The molecule has 3 heterocycles. The van der Waals surface area contributed by atoms with E-state index in [2.05, 4.69) is 51.9 Å². The summed E-state index contributed by atoms with van der Waals surface area (Å²) in [4.78, 5) is 21.0. The number of imidazole rings is 1. The highest BCUT2D eigenvalue weighted by Crippen LogP contribution is 2.44.